The van der Waals surface area contributed by atoms with Crippen molar-refractivity contribution in [2.45, 2.75) is 45.2 Å². The van der Waals surface area contributed by atoms with Crippen molar-refractivity contribution in [2.24, 2.45) is 7.05 Å². The molecule has 0 saturated carbocycles. The fourth-order valence-corrected chi connectivity index (χ4v) is 2.98. The maximum absolute atomic E-state index is 4.16. The van der Waals surface area contributed by atoms with E-state index in [9.17, 15) is 0 Å². The summed E-state index contributed by atoms with van der Waals surface area (Å²) in [4.78, 5) is 0. The predicted octanol–water partition coefficient (Wildman–Crippen LogP) is 2.04. The van der Waals surface area contributed by atoms with Gasteiger partial charge in [0.15, 0.2) is 5.82 Å². The highest BCUT2D eigenvalue weighted by molar-refractivity contribution is 5.30. The van der Waals surface area contributed by atoms with Crippen LogP contribution in [0.2, 0.25) is 0 Å². The van der Waals surface area contributed by atoms with E-state index in [0.717, 1.165) is 18.9 Å². The van der Waals surface area contributed by atoms with E-state index >= 15 is 0 Å². The molecule has 0 amide bonds. The van der Waals surface area contributed by atoms with E-state index in [1.165, 1.54) is 36.8 Å². The molecule has 1 N–H and O–H groups in total. The number of aryl methyl sites for hydroxylation is 2. The van der Waals surface area contributed by atoms with E-state index in [-0.39, 0.29) is 0 Å². The van der Waals surface area contributed by atoms with Gasteiger partial charge in [-0.25, -0.2) is 0 Å². The molecule has 0 aromatic carbocycles. The Morgan fingerprint density at radius 1 is 1.40 bits per heavy atom. The molecule has 0 aliphatic heterocycles. The number of nitrogens with one attached hydrogen (secondary N) is 1. The van der Waals surface area contributed by atoms with Crippen LogP contribution in [0.25, 0.3) is 0 Å². The van der Waals surface area contributed by atoms with Crippen LogP contribution in [0.5, 0.6) is 0 Å². The first-order valence-corrected chi connectivity index (χ1v) is 7.52. The van der Waals surface area contributed by atoms with E-state index in [2.05, 4.69) is 39.4 Å². The number of aromatic nitrogens is 4. The van der Waals surface area contributed by atoms with Crippen molar-refractivity contribution < 1.29 is 0 Å². The third-order valence-corrected chi connectivity index (χ3v) is 4.08. The maximum atomic E-state index is 4.16. The fraction of sp³-hybridized carbons (Fsp3) is 0.600. The maximum Gasteiger partial charge on any atom is 0.152 e. The molecular weight excluding hydrogens is 250 g/mol. The second-order valence-corrected chi connectivity index (χ2v) is 5.67. The molecule has 108 valence electrons. The Labute approximate surface area is 120 Å². The van der Waals surface area contributed by atoms with Gasteiger partial charge in [0.05, 0.1) is 6.54 Å². The first kappa shape index (κ1) is 13.4. The van der Waals surface area contributed by atoms with Gasteiger partial charge in [-0.1, -0.05) is 6.92 Å². The van der Waals surface area contributed by atoms with Gasteiger partial charge in [0.1, 0.15) is 6.33 Å². The molecule has 5 heteroatoms. The highest BCUT2D eigenvalue weighted by Gasteiger charge is 2.21. The summed E-state index contributed by atoms with van der Waals surface area (Å²) >= 11 is 0. The highest BCUT2D eigenvalue weighted by atomic mass is 15.3. The normalized spacial score (nSPS) is 18.2. The minimum absolute atomic E-state index is 0.527. The summed E-state index contributed by atoms with van der Waals surface area (Å²) in [5.41, 5.74) is 2.97. The van der Waals surface area contributed by atoms with Crippen molar-refractivity contribution >= 4 is 0 Å². The fourth-order valence-electron chi connectivity index (χ4n) is 2.98. The number of fused-ring (bicyclic) bond motifs is 1. The Kier molecular flexibility index (Phi) is 3.87. The minimum atomic E-state index is 0.527. The van der Waals surface area contributed by atoms with Crippen LogP contribution in [0.1, 0.15) is 49.2 Å². The molecule has 0 saturated heterocycles. The Hall–Kier alpha value is -1.62. The van der Waals surface area contributed by atoms with Gasteiger partial charge < -0.3 is 14.5 Å². The molecule has 20 heavy (non-hydrogen) atoms. The summed E-state index contributed by atoms with van der Waals surface area (Å²) in [5.74, 6) is 0.996. The lowest BCUT2D eigenvalue weighted by molar-refractivity contribution is 0.462. The summed E-state index contributed by atoms with van der Waals surface area (Å²) in [6, 6.07) is 0.527. The lowest BCUT2D eigenvalue weighted by Crippen LogP contribution is -2.24. The van der Waals surface area contributed by atoms with Gasteiger partial charge in [-0.3, -0.25) is 0 Å². The molecule has 1 atom stereocenters. The molecule has 0 radical (unpaired) electrons. The van der Waals surface area contributed by atoms with Gasteiger partial charge in [0, 0.05) is 25.5 Å². The van der Waals surface area contributed by atoms with Gasteiger partial charge in [-0.2, -0.15) is 0 Å². The van der Waals surface area contributed by atoms with E-state index < -0.39 is 0 Å². The lowest BCUT2D eigenvalue weighted by atomic mass is 9.91. The second-order valence-electron chi connectivity index (χ2n) is 5.67. The third-order valence-electron chi connectivity index (χ3n) is 4.08. The predicted molar refractivity (Wildman–Crippen MR) is 78.5 cm³/mol. The third kappa shape index (κ3) is 2.63. The number of hydrogen-bond acceptors (Lipinski definition) is 3. The molecule has 0 fully saturated rings. The average Bonchev–Trinajstić information content (AvgIpc) is 3.03. The minimum Gasteiger partial charge on any atom is -0.346 e. The van der Waals surface area contributed by atoms with Crippen molar-refractivity contribution in [1.82, 2.24) is 24.6 Å². The second kappa shape index (κ2) is 5.79. The standard InChI is InChI=1S/C15H23N5/c1-3-7-16-14-6-4-5-12-8-20(9-13(12)14)10-15-18-17-11-19(15)2/h8-9,11,14,16H,3-7,10H2,1-2H3. The quantitative estimate of drug-likeness (QED) is 0.907. The molecule has 2 heterocycles. The van der Waals surface area contributed by atoms with Crippen molar-refractivity contribution in [3.63, 3.8) is 0 Å². The molecule has 2 aromatic heterocycles. The van der Waals surface area contributed by atoms with Crippen molar-refractivity contribution in [3.05, 3.63) is 35.7 Å². The first-order valence-electron chi connectivity index (χ1n) is 7.52. The van der Waals surface area contributed by atoms with Crippen LogP contribution in [0.3, 0.4) is 0 Å². The molecule has 0 bridgehead atoms. The van der Waals surface area contributed by atoms with Crippen molar-refractivity contribution in [3.8, 4) is 0 Å². The molecule has 2 aromatic rings. The summed E-state index contributed by atoms with van der Waals surface area (Å²) in [6.45, 7) is 4.11. The molecule has 3 rings (SSSR count). The van der Waals surface area contributed by atoms with Crippen LogP contribution in [0, 0.1) is 0 Å². The van der Waals surface area contributed by atoms with Crippen LogP contribution in [0.15, 0.2) is 18.7 Å². The van der Waals surface area contributed by atoms with E-state index in [1.54, 1.807) is 6.33 Å². The zero-order chi connectivity index (χ0) is 13.9. The average molecular weight is 273 g/mol. The van der Waals surface area contributed by atoms with E-state index in [4.69, 9.17) is 0 Å². The Balaban J connectivity index is 1.78. The SMILES string of the molecule is CCCNC1CCCc2cn(Cc3nncn3C)cc21. The van der Waals surface area contributed by atoms with Gasteiger partial charge in [-0.15, -0.1) is 10.2 Å². The molecule has 5 nitrogen and oxygen atoms in total. The Morgan fingerprint density at radius 3 is 3.05 bits per heavy atom. The monoisotopic (exact) mass is 273 g/mol. The molecular formula is C15H23N5. The van der Waals surface area contributed by atoms with Crippen LogP contribution >= 0.6 is 0 Å². The van der Waals surface area contributed by atoms with Gasteiger partial charge >= 0.3 is 0 Å². The summed E-state index contributed by atoms with van der Waals surface area (Å²) in [7, 11) is 1.99. The van der Waals surface area contributed by atoms with Crippen LogP contribution < -0.4 is 5.32 Å². The van der Waals surface area contributed by atoms with E-state index in [0.29, 0.717) is 6.04 Å². The van der Waals surface area contributed by atoms with E-state index in [1.807, 2.05) is 11.6 Å². The number of hydrogen-bond donors (Lipinski definition) is 1. The first-order chi connectivity index (χ1) is 9.78. The molecule has 1 aliphatic carbocycles. The topological polar surface area (TPSA) is 47.7 Å². The van der Waals surface area contributed by atoms with Crippen LogP contribution in [-0.4, -0.2) is 25.9 Å². The Bertz CT molecular complexity index is 569. The zero-order valence-corrected chi connectivity index (χ0v) is 12.3. The van der Waals surface area contributed by atoms with Crippen LogP contribution in [-0.2, 0) is 20.0 Å². The van der Waals surface area contributed by atoms with Crippen LogP contribution in [0.4, 0.5) is 0 Å². The molecule has 0 spiro atoms. The lowest BCUT2D eigenvalue weighted by Gasteiger charge is -2.23. The summed E-state index contributed by atoms with van der Waals surface area (Å²) in [5, 5.41) is 11.8. The highest BCUT2D eigenvalue weighted by Crippen LogP contribution is 2.30. The van der Waals surface area contributed by atoms with Gasteiger partial charge in [0.25, 0.3) is 0 Å². The van der Waals surface area contributed by atoms with Gasteiger partial charge in [0.2, 0.25) is 0 Å². The van der Waals surface area contributed by atoms with Gasteiger partial charge in [-0.05, 0) is 43.4 Å². The smallest absolute Gasteiger partial charge is 0.152 e. The zero-order valence-electron chi connectivity index (χ0n) is 12.3. The summed E-state index contributed by atoms with van der Waals surface area (Å²) in [6.07, 6.45) is 11.2. The van der Waals surface area contributed by atoms with Crippen molar-refractivity contribution in [2.75, 3.05) is 6.54 Å². The molecule has 1 unspecified atom stereocenters. The number of rotatable bonds is 5. The number of nitrogens with zero attached hydrogens (tertiary/aromatic N) is 4. The summed E-state index contributed by atoms with van der Waals surface area (Å²) < 4.78 is 4.23. The Morgan fingerprint density at radius 2 is 2.30 bits per heavy atom. The molecule has 1 aliphatic rings. The largest absolute Gasteiger partial charge is 0.346 e. The van der Waals surface area contributed by atoms with Crippen molar-refractivity contribution in [1.29, 1.82) is 0 Å².